The molecule has 0 aromatic heterocycles. The Labute approximate surface area is 78.8 Å². The van der Waals surface area contributed by atoms with Gasteiger partial charge in [-0.05, 0) is 23.7 Å². The van der Waals surface area contributed by atoms with E-state index >= 15 is 0 Å². The molecule has 0 radical (unpaired) electrons. The molecule has 0 aliphatic carbocycles. The summed E-state index contributed by atoms with van der Waals surface area (Å²) < 4.78 is 0. The summed E-state index contributed by atoms with van der Waals surface area (Å²) in [5, 5.41) is 0. The van der Waals surface area contributed by atoms with E-state index in [0.29, 0.717) is 0 Å². The van der Waals surface area contributed by atoms with Gasteiger partial charge in [0.1, 0.15) is 0 Å². The fraction of sp³-hybridized carbons (Fsp3) is 1.00. The van der Waals surface area contributed by atoms with Gasteiger partial charge < -0.3 is 0 Å². The van der Waals surface area contributed by atoms with Gasteiger partial charge in [-0.2, -0.15) is 0 Å². The largest absolute Gasteiger partial charge is 0.0628 e. The Morgan fingerprint density at radius 2 is 1.25 bits per heavy atom. The molecule has 0 fully saturated rings. The Hall–Kier alpha value is 0. The third-order valence-electron chi connectivity index (χ3n) is 3.15. The SMILES string of the molecule is CC(C)CCC(C)C(C)C(C)C. The van der Waals surface area contributed by atoms with Crippen LogP contribution in [0.25, 0.3) is 0 Å². The lowest BCUT2D eigenvalue weighted by atomic mass is 9.82. The van der Waals surface area contributed by atoms with Gasteiger partial charge in [0.25, 0.3) is 0 Å². The van der Waals surface area contributed by atoms with E-state index in [1.165, 1.54) is 12.8 Å². The molecule has 0 saturated heterocycles. The van der Waals surface area contributed by atoms with Gasteiger partial charge in [0, 0.05) is 0 Å². The lowest BCUT2D eigenvalue weighted by Gasteiger charge is -2.23. The zero-order valence-corrected chi connectivity index (χ0v) is 9.72. The van der Waals surface area contributed by atoms with Crippen LogP contribution in [0.4, 0.5) is 0 Å². The van der Waals surface area contributed by atoms with Crippen LogP contribution < -0.4 is 0 Å². The Bertz CT molecular complexity index is 103. The molecule has 0 aromatic carbocycles. The van der Waals surface area contributed by atoms with Gasteiger partial charge >= 0.3 is 0 Å². The van der Waals surface area contributed by atoms with Crippen LogP contribution in [0.2, 0.25) is 0 Å². The molecule has 0 heteroatoms. The molecule has 0 saturated carbocycles. The summed E-state index contributed by atoms with van der Waals surface area (Å²) in [5.74, 6) is 3.48. The van der Waals surface area contributed by atoms with Gasteiger partial charge in [-0.15, -0.1) is 0 Å². The first-order chi connectivity index (χ1) is 5.45. The maximum atomic E-state index is 2.40. The van der Waals surface area contributed by atoms with Crippen LogP contribution in [0.5, 0.6) is 0 Å². The lowest BCUT2D eigenvalue weighted by molar-refractivity contribution is 0.268. The molecule has 0 nitrogen and oxygen atoms in total. The Kier molecular flexibility index (Phi) is 5.61. The van der Waals surface area contributed by atoms with E-state index in [1.54, 1.807) is 0 Å². The Balaban J connectivity index is 3.64. The molecule has 0 rings (SSSR count). The van der Waals surface area contributed by atoms with Crippen LogP contribution in [0, 0.1) is 23.7 Å². The van der Waals surface area contributed by atoms with Gasteiger partial charge in [0.2, 0.25) is 0 Å². The predicted molar refractivity (Wildman–Crippen MR) is 57.2 cm³/mol. The lowest BCUT2D eigenvalue weighted by Crippen LogP contribution is -2.14. The molecule has 0 bridgehead atoms. The Morgan fingerprint density at radius 1 is 0.750 bits per heavy atom. The second-order valence-electron chi connectivity index (χ2n) is 5.05. The highest BCUT2D eigenvalue weighted by atomic mass is 14.2. The minimum Gasteiger partial charge on any atom is -0.0628 e. The van der Waals surface area contributed by atoms with Gasteiger partial charge in [0.05, 0.1) is 0 Å². The van der Waals surface area contributed by atoms with Crippen molar-refractivity contribution in [2.75, 3.05) is 0 Å². The predicted octanol–water partition coefficient (Wildman–Crippen LogP) is 4.35. The summed E-state index contributed by atoms with van der Waals surface area (Å²) in [5.41, 5.74) is 0. The molecule has 12 heavy (non-hydrogen) atoms. The van der Waals surface area contributed by atoms with Crippen molar-refractivity contribution in [3.63, 3.8) is 0 Å². The third kappa shape index (κ3) is 4.79. The van der Waals surface area contributed by atoms with Crippen molar-refractivity contribution in [2.24, 2.45) is 23.7 Å². The zero-order valence-electron chi connectivity index (χ0n) is 9.72. The summed E-state index contributed by atoms with van der Waals surface area (Å²) in [6.07, 6.45) is 2.79. The monoisotopic (exact) mass is 170 g/mol. The smallest absolute Gasteiger partial charge is 0.0394 e. The van der Waals surface area contributed by atoms with Crippen molar-refractivity contribution in [1.29, 1.82) is 0 Å². The molecule has 2 atom stereocenters. The molecule has 0 N–H and O–H groups in total. The third-order valence-corrected chi connectivity index (χ3v) is 3.15. The molecule has 0 amide bonds. The number of rotatable bonds is 5. The molecule has 0 aromatic rings. The van der Waals surface area contributed by atoms with E-state index in [0.717, 1.165) is 23.7 Å². The first-order valence-corrected chi connectivity index (χ1v) is 5.45. The number of hydrogen-bond donors (Lipinski definition) is 0. The second-order valence-corrected chi connectivity index (χ2v) is 5.05. The molecule has 74 valence electrons. The van der Waals surface area contributed by atoms with Crippen molar-refractivity contribution in [1.82, 2.24) is 0 Å². The van der Waals surface area contributed by atoms with Gasteiger partial charge in [0.15, 0.2) is 0 Å². The van der Waals surface area contributed by atoms with Crippen LogP contribution in [0.3, 0.4) is 0 Å². The highest BCUT2D eigenvalue weighted by Crippen LogP contribution is 2.25. The number of hydrogen-bond acceptors (Lipinski definition) is 0. The summed E-state index contributed by atoms with van der Waals surface area (Å²) >= 11 is 0. The Morgan fingerprint density at radius 3 is 1.58 bits per heavy atom. The highest BCUT2D eigenvalue weighted by molar-refractivity contribution is 4.65. The summed E-state index contributed by atoms with van der Waals surface area (Å²) in [6.45, 7) is 14.1. The first-order valence-electron chi connectivity index (χ1n) is 5.45. The van der Waals surface area contributed by atoms with E-state index in [9.17, 15) is 0 Å². The van der Waals surface area contributed by atoms with Crippen LogP contribution in [-0.2, 0) is 0 Å². The van der Waals surface area contributed by atoms with E-state index in [4.69, 9.17) is 0 Å². The van der Waals surface area contributed by atoms with Crippen molar-refractivity contribution in [3.05, 3.63) is 0 Å². The molecule has 2 unspecified atom stereocenters. The van der Waals surface area contributed by atoms with Crippen molar-refractivity contribution in [2.45, 2.75) is 54.4 Å². The van der Waals surface area contributed by atoms with E-state index in [1.807, 2.05) is 0 Å². The fourth-order valence-corrected chi connectivity index (χ4v) is 1.52. The minimum absolute atomic E-state index is 0.840. The van der Waals surface area contributed by atoms with Crippen LogP contribution >= 0.6 is 0 Å². The summed E-state index contributed by atoms with van der Waals surface area (Å²) in [6, 6.07) is 0. The summed E-state index contributed by atoms with van der Waals surface area (Å²) in [4.78, 5) is 0. The van der Waals surface area contributed by atoms with Gasteiger partial charge in [-0.3, -0.25) is 0 Å². The van der Waals surface area contributed by atoms with Crippen molar-refractivity contribution >= 4 is 0 Å². The van der Waals surface area contributed by atoms with Gasteiger partial charge in [-0.25, -0.2) is 0 Å². The molecule has 0 aliphatic rings. The molecule has 0 spiro atoms. The maximum Gasteiger partial charge on any atom is -0.0394 e. The van der Waals surface area contributed by atoms with Crippen LogP contribution in [0.1, 0.15) is 54.4 Å². The molecular formula is C12H26. The second kappa shape index (κ2) is 5.61. The normalized spacial score (nSPS) is 17.0. The average molecular weight is 170 g/mol. The van der Waals surface area contributed by atoms with Gasteiger partial charge in [-0.1, -0.05) is 54.4 Å². The molecule has 0 aliphatic heterocycles. The van der Waals surface area contributed by atoms with E-state index in [-0.39, 0.29) is 0 Å². The molecular weight excluding hydrogens is 144 g/mol. The zero-order chi connectivity index (χ0) is 9.72. The van der Waals surface area contributed by atoms with Crippen molar-refractivity contribution in [3.8, 4) is 0 Å². The van der Waals surface area contributed by atoms with Crippen LogP contribution in [-0.4, -0.2) is 0 Å². The standard InChI is InChI=1S/C12H26/c1-9(2)7-8-11(5)12(6)10(3)4/h9-12H,7-8H2,1-6H3. The van der Waals surface area contributed by atoms with Crippen molar-refractivity contribution < 1.29 is 0 Å². The van der Waals surface area contributed by atoms with E-state index in [2.05, 4.69) is 41.5 Å². The first kappa shape index (κ1) is 12.0. The summed E-state index contributed by atoms with van der Waals surface area (Å²) in [7, 11) is 0. The highest BCUT2D eigenvalue weighted by Gasteiger charge is 2.15. The quantitative estimate of drug-likeness (QED) is 0.575. The topological polar surface area (TPSA) is 0 Å². The molecule has 0 heterocycles. The minimum atomic E-state index is 0.840. The maximum absolute atomic E-state index is 2.40. The fourth-order valence-electron chi connectivity index (χ4n) is 1.52. The average Bonchev–Trinajstić information content (AvgIpc) is 1.98. The van der Waals surface area contributed by atoms with Crippen LogP contribution in [0.15, 0.2) is 0 Å². The van der Waals surface area contributed by atoms with E-state index < -0.39 is 0 Å².